The highest BCUT2D eigenvalue weighted by molar-refractivity contribution is 5.83. The fraction of sp³-hybridized carbons (Fsp3) is 0.231. The van der Waals surface area contributed by atoms with Crippen LogP contribution in [-0.4, -0.2) is 0 Å². The molecule has 0 aliphatic rings. The van der Waals surface area contributed by atoms with Crippen molar-refractivity contribution in [3.63, 3.8) is 0 Å². The zero-order chi connectivity index (χ0) is 9.26. The first-order valence-corrected chi connectivity index (χ1v) is 4.79. The third kappa shape index (κ3) is 1.78. The summed E-state index contributed by atoms with van der Waals surface area (Å²) in [6.07, 6.45) is 1.12. The minimum Gasteiger partial charge on any atom is -0.344 e. The summed E-state index contributed by atoms with van der Waals surface area (Å²) in [7, 11) is 0. The summed E-state index contributed by atoms with van der Waals surface area (Å²) in [5.74, 6) is 0. The van der Waals surface area contributed by atoms with Gasteiger partial charge in [0.2, 0.25) is 0 Å². The molecule has 0 spiro atoms. The van der Waals surface area contributed by atoms with Crippen molar-refractivity contribution in [1.29, 1.82) is 0 Å². The Balaban J connectivity index is 0.000000980. The van der Waals surface area contributed by atoms with Gasteiger partial charge in [-0.05, 0) is 35.2 Å². The van der Waals surface area contributed by atoms with Gasteiger partial charge < -0.3 is 6.15 Å². The van der Waals surface area contributed by atoms with Crippen LogP contribution >= 0.6 is 0 Å². The number of hydrogen-bond acceptors (Lipinski definition) is 1. The molecule has 0 atom stereocenters. The van der Waals surface area contributed by atoms with Crippen LogP contribution in [0.5, 0.6) is 0 Å². The highest BCUT2D eigenvalue weighted by atomic mass is 14.0. The van der Waals surface area contributed by atoms with E-state index >= 15 is 0 Å². The Morgan fingerprint density at radius 1 is 1.00 bits per heavy atom. The number of benzene rings is 2. The molecule has 74 valence electrons. The average Bonchev–Trinajstić information content (AvgIpc) is 2.17. The molecule has 0 aromatic heterocycles. The largest absolute Gasteiger partial charge is 0.344 e. The topological polar surface area (TPSA) is 35.0 Å². The van der Waals surface area contributed by atoms with E-state index in [0.717, 1.165) is 6.42 Å². The van der Waals surface area contributed by atoms with Gasteiger partial charge in [-0.2, -0.15) is 0 Å². The molecule has 0 saturated heterocycles. The molecule has 0 bridgehead atoms. The normalized spacial score (nSPS) is 9.86. The lowest BCUT2D eigenvalue weighted by atomic mass is 10.0. The van der Waals surface area contributed by atoms with Crippen molar-refractivity contribution in [3.8, 4) is 0 Å². The predicted octanol–water partition coefficient (Wildman–Crippen LogP) is 3.87. The molecule has 3 N–H and O–H groups in total. The molecule has 2 aromatic carbocycles. The lowest BCUT2D eigenvalue weighted by Gasteiger charge is -2.05. The van der Waals surface area contributed by atoms with Crippen molar-refractivity contribution in [3.05, 3.63) is 47.5 Å². The summed E-state index contributed by atoms with van der Waals surface area (Å²) in [5, 5.41) is 2.70. The highest BCUT2D eigenvalue weighted by Crippen LogP contribution is 2.19. The van der Waals surface area contributed by atoms with Crippen LogP contribution in [0.4, 0.5) is 0 Å². The fourth-order valence-electron chi connectivity index (χ4n) is 1.78. The van der Waals surface area contributed by atoms with Crippen LogP contribution in [0.3, 0.4) is 0 Å². The predicted molar refractivity (Wildman–Crippen MR) is 63.1 cm³/mol. The molecule has 1 nitrogen and oxygen atoms in total. The van der Waals surface area contributed by atoms with Gasteiger partial charge in [0.15, 0.2) is 0 Å². The Labute approximate surface area is 85.3 Å². The van der Waals surface area contributed by atoms with Gasteiger partial charge in [0.1, 0.15) is 0 Å². The molecular formula is C13H17N. The summed E-state index contributed by atoms with van der Waals surface area (Å²) >= 11 is 0. The third-order valence-corrected chi connectivity index (χ3v) is 2.59. The van der Waals surface area contributed by atoms with Crippen molar-refractivity contribution in [2.75, 3.05) is 0 Å². The zero-order valence-electron chi connectivity index (χ0n) is 8.88. The molecule has 0 fully saturated rings. The lowest BCUT2D eigenvalue weighted by molar-refractivity contribution is 1.12. The highest BCUT2D eigenvalue weighted by Gasteiger charge is 1.98. The molecule has 2 aromatic rings. The molecule has 0 aliphatic heterocycles. The molecule has 0 heterocycles. The summed E-state index contributed by atoms with van der Waals surface area (Å²) in [6, 6.07) is 13.1. The Morgan fingerprint density at radius 2 is 1.57 bits per heavy atom. The number of rotatable bonds is 1. The SMILES string of the molecule is CCc1cc2ccccc2cc1C.N. The van der Waals surface area contributed by atoms with E-state index in [0.29, 0.717) is 0 Å². The molecule has 14 heavy (non-hydrogen) atoms. The molecule has 0 saturated carbocycles. The van der Waals surface area contributed by atoms with Crippen LogP contribution < -0.4 is 6.15 Å². The minimum atomic E-state index is 0. The van der Waals surface area contributed by atoms with Gasteiger partial charge in [-0.1, -0.05) is 43.3 Å². The molecule has 0 radical (unpaired) electrons. The Bertz CT molecular complexity index is 432. The zero-order valence-corrected chi connectivity index (χ0v) is 8.88. The minimum absolute atomic E-state index is 0. The van der Waals surface area contributed by atoms with Crippen molar-refractivity contribution in [2.45, 2.75) is 20.3 Å². The first-order valence-electron chi connectivity index (χ1n) is 4.79. The molecule has 0 aliphatic carbocycles. The van der Waals surface area contributed by atoms with Gasteiger partial charge in [-0.15, -0.1) is 0 Å². The maximum atomic E-state index is 2.30. The van der Waals surface area contributed by atoms with Crippen molar-refractivity contribution in [1.82, 2.24) is 6.15 Å². The monoisotopic (exact) mass is 187 g/mol. The smallest absolute Gasteiger partial charge is 0.0181 e. The van der Waals surface area contributed by atoms with Gasteiger partial charge in [0, 0.05) is 0 Å². The van der Waals surface area contributed by atoms with E-state index in [1.807, 2.05) is 0 Å². The van der Waals surface area contributed by atoms with Crippen LogP contribution in [0, 0.1) is 6.92 Å². The first-order chi connectivity index (χ1) is 6.31. The van der Waals surface area contributed by atoms with E-state index in [1.165, 1.54) is 21.9 Å². The second-order valence-corrected chi connectivity index (χ2v) is 3.48. The van der Waals surface area contributed by atoms with E-state index < -0.39 is 0 Å². The van der Waals surface area contributed by atoms with Gasteiger partial charge in [0.25, 0.3) is 0 Å². The first kappa shape index (κ1) is 10.7. The van der Waals surface area contributed by atoms with Crippen molar-refractivity contribution < 1.29 is 0 Å². The standard InChI is InChI=1S/C13H14.H3N/c1-3-11-9-13-7-5-4-6-12(13)8-10(11)2;/h4-9H,3H2,1-2H3;1H3. The van der Waals surface area contributed by atoms with Crippen LogP contribution in [0.1, 0.15) is 18.1 Å². The van der Waals surface area contributed by atoms with Crippen LogP contribution in [0.15, 0.2) is 36.4 Å². The quantitative estimate of drug-likeness (QED) is 0.722. The van der Waals surface area contributed by atoms with Crippen LogP contribution in [-0.2, 0) is 6.42 Å². The number of aryl methyl sites for hydroxylation is 2. The number of hydrogen-bond donors (Lipinski definition) is 1. The van der Waals surface area contributed by atoms with Gasteiger partial charge in [0.05, 0.1) is 0 Å². The summed E-state index contributed by atoms with van der Waals surface area (Å²) < 4.78 is 0. The van der Waals surface area contributed by atoms with E-state index in [2.05, 4.69) is 50.2 Å². The van der Waals surface area contributed by atoms with Crippen molar-refractivity contribution >= 4 is 10.8 Å². The maximum Gasteiger partial charge on any atom is -0.0181 e. The molecule has 2 rings (SSSR count). The fourth-order valence-corrected chi connectivity index (χ4v) is 1.78. The van der Waals surface area contributed by atoms with Gasteiger partial charge >= 0.3 is 0 Å². The van der Waals surface area contributed by atoms with E-state index in [4.69, 9.17) is 0 Å². The van der Waals surface area contributed by atoms with Gasteiger partial charge in [-0.25, -0.2) is 0 Å². The Morgan fingerprint density at radius 3 is 2.14 bits per heavy atom. The summed E-state index contributed by atoms with van der Waals surface area (Å²) in [5.41, 5.74) is 2.86. The lowest BCUT2D eigenvalue weighted by Crippen LogP contribution is -1.86. The molecule has 1 heteroatoms. The molecule has 0 unspecified atom stereocenters. The summed E-state index contributed by atoms with van der Waals surface area (Å²) in [6.45, 7) is 4.39. The molecule has 0 amide bonds. The van der Waals surface area contributed by atoms with E-state index in [1.54, 1.807) is 0 Å². The summed E-state index contributed by atoms with van der Waals surface area (Å²) in [4.78, 5) is 0. The van der Waals surface area contributed by atoms with E-state index in [9.17, 15) is 0 Å². The second-order valence-electron chi connectivity index (χ2n) is 3.48. The van der Waals surface area contributed by atoms with Crippen LogP contribution in [0.25, 0.3) is 10.8 Å². The molecular weight excluding hydrogens is 170 g/mol. The Hall–Kier alpha value is -1.34. The van der Waals surface area contributed by atoms with Crippen LogP contribution in [0.2, 0.25) is 0 Å². The Kier molecular flexibility index (Phi) is 3.26. The third-order valence-electron chi connectivity index (χ3n) is 2.59. The van der Waals surface area contributed by atoms with Crippen molar-refractivity contribution in [2.24, 2.45) is 0 Å². The second kappa shape index (κ2) is 4.25. The maximum absolute atomic E-state index is 2.30. The van der Waals surface area contributed by atoms with Gasteiger partial charge in [-0.3, -0.25) is 0 Å². The van der Waals surface area contributed by atoms with E-state index in [-0.39, 0.29) is 6.15 Å². The average molecular weight is 187 g/mol. The number of fused-ring (bicyclic) bond motifs is 1.